The van der Waals surface area contributed by atoms with Gasteiger partial charge in [-0.3, -0.25) is 4.79 Å². The number of hydrogen-bond acceptors (Lipinski definition) is 5. The van der Waals surface area contributed by atoms with Crippen LogP contribution in [0.1, 0.15) is 5.56 Å². The molecule has 0 saturated carbocycles. The molecule has 0 atom stereocenters. The van der Waals surface area contributed by atoms with Crippen molar-refractivity contribution in [3.63, 3.8) is 0 Å². The average Bonchev–Trinajstić information content (AvgIpc) is 2.60. The lowest BCUT2D eigenvalue weighted by Crippen LogP contribution is -2.16. The van der Waals surface area contributed by atoms with Crippen LogP contribution in [0.2, 0.25) is 10.0 Å². The molecule has 1 aliphatic heterocycles. The van der Waals surface area contributed by atoms with Crippen molar-refractivity contribution in [1.29, 1.82) is 0 Å². The Labute approximate surface area is 155 Å². The summed E-state index contributed by atoms with van der Waals surface area (Å²) < 4.78 is 21.6. The predicted octanol–water partition coefficient (Wildman–Crippen LogP) is 3.93. The Balaban J connectivity index is 1.45. The van der Waals surface area contributed by atoms with Crippen molar-refractivity contribution in [3.05, 3.63) is 52.0 Å². The first-order valence-corrected chi connectivity index (χ1v) is 8.50. The summed E-state index contributed by atoms with van der Waals surface area (Å²) in [6.45, 7) is 1.30. The van der Waals surface area contributed by atoms with Gasteiger partial charge >= 0.3 is 5.97 Å². The van der Waals surface area contributed by atoms with E-state index in [9.17, 15) is 4.79 Å². The van der Waals surface area contributed by atoms with Crippen LogP contribution in [0.5, 0.6) is 17.2 Å². The van der Waals surface area contributed by atoms with Gasteiger partial charge in [-0.15, -0.1) is 0 Å². The minimum absolute atomic E-state index is 0.102. The number of para-hydroxylation sites is 1. The number of fused-ring (bicyclic) bond motifs is 1. The number of carbonyl (C=O) groups excluding carboxylic acids is 1. The van der Waals surface area contributed by atoms with Gasteiger partial charge in [-0.05, 0) is 29.8 Å². The van der Waals surface area contributed by atoms with Crippen molar-refractivity contribution in [2.75, 3.05) is 26.4 Å². The average molecular weight is 383 g/mol. The lowest BCUT2D eigenvalue weighted by atomic mass is 10.1. The van der Waals surface area contributed by atoms with Crippen molar-refractivity contribution in [3.8, 4) is 17.2 Å². The zero-order valence-electron chi connectivity index (χ0n) is 13.3. The van der Waals surface area contributed by atoms with E-state index >= 15 is 0 Å². The van der Waals surface area contributed by atoms with Crippen molar-refractivity contribution < 1.29 is 23.7 Å². The van der Waals surface area contributed by atoms with Gasteiger partial charge in [0.2, 0.25) is 0 Å². The first kappa shape index (κ1) is 17.7. The molecule has 2 aromatic carbocycles. The zero-order valence-corrected chi connectivity index (χ0v) is 14.8. The monoisotopic (exact) mass is 382 g/mol. The Morgan fingerprint density at radius 2 is 1.72 bits per heavy atom. The highest BCUT2D eigenvalue weighted by Gasteiger charge is 2.14. The second-order valence-electron chi connectivity index (χ2n) is 5.27. The Hall–Kier alpha value is -2.11. The largest absolute Gasteiger partial charge is 0.487 e. The highest BCUT2D eigenvalue weighted by Crippen LogP contribution is 2.32. The number of rotatable bonds is 6. The summed E-state index contributed by atoms with van der Waals surface area (Å²) in [5.41, 5.74) is 0.796. The molecular weight excluding hydrogens is 367 g/mol. The molecule has 0 bridgehead atoms. The lowest BCUT2D eigenvalue weighted by molar-refractivity contribution is -0.143. The van der Waals surface area contributed by atoms with E-state index in [4.69, 9.17) is 42.1 Å². The number of esters is 1. The van der Waals surface area contributed by atoms with Gasteiger partial charge in [0.15, 0.2) is 17.2 Å². The summed E-state index contributed by atoms with van der Waals surface area (Å²) in [7, 11) is 0. The van der Waals surface area contributed by atoms with Crippen LogP contribution in [0, 0.1) is 0 Å². The van der Waals surface area contributed by atoms with Gasteiger partial charge in [-0.1, -0.05) is 35.3 Å². The molecule has 1 aliphatic rings. The van der Waals surface area contributed by atoms with Crippen LogP contribution in [0.3, 0.4) is 0 Å². The second kappa shape index (κ2) is 8.32. The molecule has 0 aliphatic carbocycles. The molecule has 0 N–H and O–H groups in total. The molecule has 0 saturated heterocycles. The summed E-state index contributed by atoms with van der Waals surface area (Å²) in [6, 6.07) is 10.5. The van der Waals surface area contributed by atoms with E-state index in [-0.39, 0.29) is 25.6 Å². The van der Waals surface area contributed by atoms with Gasteiger partial charge in [-0.25, -0.2) is 0 Å². The Kier molecular flexibility index (Phi) is 5.89. The Morgan fingerprint density at radius 3 is 2.48 bits per heavy atom. The number of hydrogen-bond donors (Lipinski definition) is 0. The smallest absolute Gasteiger partial charge is 0.310 e. The zero-order chi connectivity index (χ0) is 17.6. The number of ether oxygens (including phenoxy) is 4. The summed E-state index contributed by atoms with van der Waals surface area (Å²) in [4.78, 5) is 11.9. The molecule has 0 fully saturated rings. The van der Waals surface area contributed by atoms with Crippen molar-refractivity contribution in [2.24, 2.45) is 0 Å². The Bertz CT molecular complexity index is 743. The third kappa shape index (κ3) is 4.71. The van der Waals surface area contributed by atoms with E-state index in [0.29, 0.717) is 40.5 Å². The molecule has 0 aromatic heterocycles. The molecule has 3 rings (SSSR count). The molecule has 0 amide bonds. The first-order chi connectivity index (χ1) is 12.1. The number of benzene rings is 2. The highest BCUT2D eigenvalue weighted by atomic mass is 35.5. The summed E-state index contributed by atoms with van der Waals surface area (Å²) >= 11 is 12.0. The van der Waals surface area contributed by atoms with Gasteiger partial charge in [0.05, 0.1) is 16.5 Å². The van der Waals surface area contributed by atoms with Gasteiger partial charge in [0, 0.05) is 0 Å². The minimum atomic E-state index is -0.356. The quantitative estimate of drug-likeness (QED) is 0.559. The minimum Gasteiger partial charge on any atom is -0.487 e. The fraction of sp³-hybridized carbons (Fsp3) is 0.278. The van der Waals surface area contributed by atoms with Crippen LogP contribution in [-0.2, 0) is 16.0 Å². The standard InChI is InChI=1S/C18H16Cl2O5/c19-13-2-1-3-14(20)18(13)25-9-8-24-17(21)11-12-4-5-15-16(10-12)23-7-6-22-15/h1-5,10H,6-9,11H2. The number of halogens is 2. The topological polar surface area (TPSA) is 54.0 Å². The maximum atomic E-state index is 11.9. The summed E-state index contributed by atoms with van der Waals surface area (Å²) in [5.74, 6) is 1.36. The van der Waals surface area contributed by atoms with E-state index in [1.165, 1.54) is 0 Å². The van der Waals surface area contributed by atoms with Crippen LogP contribution in [0.15, 0.2) is 36.4 Å². The van der Waals surface area contributed by atoms with Crippen LogP contribution in [-0.4, -0.2) is 32.4 Å². The highest BCUT2D eigenvalue weighted by molar-refractivity contribution is 6.37. The molecule has 7 heteroatoms. The van der Waals surface area contributed by atoms with Crippen LogP contribution in [0.4, 0.5) is 0 Å². The van der Waals surface area contributed by atoms with Gasteiger partial charge in [0.25, 0.3) is 0 Å². The lowest BCUT2D eigenvalue weighted by Gasteiger charge is -2.18. The molecule has 0 spiro atoms. The first-order valence-electron chi connectivity index (χ1n) is 7.74. The normalized spacial score (nSPS) is 12.6. The predicted molar refractivity (Wildman–Crippen MR) is 94.1 cm³/mol. The second-order valence-corrected chi connectivity index (χ2v) is 6.09. The van der Waals surface area contributed by atoms with Crippen molar-refractivity contribution >= 4 is 29.2 Å². The van der Waals surface area contributed by atoms with E-state index in [1.54, 1.807) is 30.3 Å². The third-order valence-corrected chi connectivity index (χ3v) is 4.06. The maximum Gasteiger partial charge on any atom is 0.310 e. The van der Waals surface area contributed by atoms with Gasteiger partial charge in [-0.2, -0.15) is 0 Å². The third-order valence-electron chi connectivity index (χ3n) is 3.47. The van der Waals surface area contributed by atoms with Crippen molar-refractivity contribution in [2.45, 2.75) is 6.42 Å². The fourth-order valence-electron chi connectivity index (χ4n) is 2.34. The van der Waals surface area contributed by atoms with E-state index in [2.05, 4.69) is 0 Å². The van der Waals surface area contributed by atoms with E-state index in [0.717, 1.165) is 5.56 Å². The van der Waals surface area contributed by atoms with Crippen molar-refractivity contribution in [1.82, 2.24) is 0 Å². The molecule has 0 radical (unpaired) electrons. The van der Waals surface area contributed by atoms with E-state index < -0.39 is 0 Å². The Morgan fingerprint density at radius 1 is 1.00 bits per heavy atom. The van der Waals surface area contributed by atoms with E-state index in [1.807, 2.05) is 6.07 Å². The molecule has 5 nitrogen and oxygen atoms in total. The molecule has 132 valence electrons. The summed E-state index contributed by atoms with van der Waals surface area (Å²) in [6.07, 6.45) is 0.142. The molecule has 25 heavy (non-hydrogen) atoms. The maximum absolute atomic E-state index is 11.9. The van der Waals surface area contributed by atoms with Crippen LogP contribution in [0.25, 0.3) is 0 Å². The van der Waals surface area contributed by atoms with Gasteiger partial charge in [0.1, 0.15) is 26.4 Å². The van der Waals surface area contributed by atoms with Crippen LogP contribution >= 0.6 is 23.2 Å². The van der Waals surface area contributed by atoms with Crippen LogP contribution < -0.4 is 14.2 Å². The molecular formula is C18H16Cl2O5. The number of carbonyl (C=O) groups is 1. The van der Waals surface area contributed by atoms with Gasteiger partial charge < -0.3 is 18.9 Å². The molecule has 2 aromatic rings. The SMILES string of the molecule is O=C(Cc1ccc2c(c1)OCCO2)OCCOc1c(Cl)cccc1Cl. The summed E-state index contributed by atoms with van der Waals surface area (Å²) in [5, 5.41) is 0.824. The fourth-order valence-corrected chi connectivity index (χ4v) is 2.84. The molecule has 0 unspecified atom stereocenters. The molecule has 1 heterocycles.